The summed E-state index contributed by atoms with van der Waals surface area (Å²) in [6.45, 7) is 1.88. The molecule has 0 amide bonds. The number of aryl methyl sites for hydroxylation is 1. The molecule has 0 fully saturated rings. The SMILES string of the molecule is Cc1ccc(S(=O)(=O)C2=CN=CC(O)=CN2)cc1. The van der Waals surface area contributed by atoms with Gasteiger partial charge in [-0.25, -0.2) is 8.42 Å². The second-order valence-corrected chi connectivity index (χ2v) is 5.72. The summed E-state index contributed by atoms with van der Waals surface area (Å²) in [5.41, 5.74) is 0.979. The van der Waals surface area contributed by atoms with Crippen molar-refractivity contribution in [3.8, 4) is 0 Å². The fourth-order valence-electron chi connectivity index (χ4n) is 1.39. The van der Waals surface area contributed by atoms with E-state index in [4.69, 9.17) is 0 Å². The molecule has 1 aliphatic rings. The molecule has 1 aliphatic heterocycles. The molecule has 5 nitrogen and oxygen atoms in total. The largest absolute Gasteiger partial charge is 0.505 e. The average Bonchev–Trinajstić information content (AvgIpc) is 2.55. The molecule has 0 aliphatic carbocycles. The first-order chi connectivity index (χ1) is 8.50. The van der Waals surface area contributed by atoms with E-state index in [9.17, 15) is 13.5 Å². The van der Waals surface area contributed by atoms with E-state index < -0.39 is 9.84 Å². The van der Waals surface area contributed by atoms with Gasteiger partial charge >= 0.3 is 0 Å². The smallest absolute Gasteiger partial charge is 0.223 e. The molecule has 0 atom stereocenters. The molecule has 94 valence electrons. The van der Waals surface area contributed by atoms with Crippen LogP contribution in [0.1, 0.15) is 5.56 Å². The standard InChI is InChI=1S/C12H12N2O3S/c1-9-2-4-11(5-3-9)18(16,17)12-8-13-6-10(15)7-14-12/h2-8,14-15H,1H3. The van der Waals surface area contributed by atoms with E-state index in [2.05, 4.69) is 10.3 Å². The number of rotatable bonds is 2. The molecule has 0 unspecified atom stereocenters. The minimum Gasteiger partial charge on any atom is -0.505 e. The molecule has 2 N–H and O–H groups in total. The maximum absolute atomic E-state index is 12.2. The lowest BCUT2D eigenvalue weighted by atomic mass is 10.2. The second-order valence-electron chi connectivity index (χ2n) is 3.80. The van der Waals surface area contributed by atoms with Crippen LogP contribution in [-0.4, -0.2) is 19.7 Å². The topological polar surface area (TPSA) is 78.8 Å². The summed E-state index contributed by atoms with van der Waals surface area (Å²) in [7, 11) is -3.64. The van der Waals surface area contributed by atoms with Gasteiger partial charge in [-0.1, -0.05) is 17.7 Å². The summed E-state index contributed by atoms with van der Waals surface area (Å²) in [6, 6.07) is 6.51. The van der Waals surface area contributed by atoms with Gasteiger partial charge in [-0.15, -0.1) is 0 Å². The lowest BCUT2D eigenvalue weighted by molar-refractivity contribution is 0.443. The van der Waals surface area contributed by atoms with Gasteiger partial charge in [0.05, 0.1) is 17.3 Å². The zero-order valence-corrected chi connectivity index (χ0v) is 10.5. The van der Waals surface area contributed by atoms with Crippen molar-refractivity contribution in [1.29, 1.82) is 0 Å². The molecule has 1 aromatic rings. The number of hydrogen-bond donors (Lipinski definition) is 2. The summed E-state index contributed by atoms with van der Waals surface area (Å²) in [4.78, 5) is 3.87. The summed E-state index contributed by atoms with van der Waals surface area (Å²) in [5, 5.41) is 11.6. The van der Waals surface area contributed by atoms with Gasteiger partial charge in [0, 0.05) is 6.20 Å². The number of sulfone groups is 1. The van der Waals surface area contributed by atoms with Gasteiger partial charge in [-0.05, 0) is 19.1 Å². The van der Waals surface area contributed by atoms with Crippen LogP contribution < -0.4 is 5.32 Å². The Morgan fingerprint density at radius 1 is 1.22 bits per heavy atom. The highest BCUT2D eigenvalue weighted by Crippen LogP contribution is 2.18. The van der Waals surface area contributed by atoms with Crippen LogP contribution in [0.4, 0.5) is 0 Å². The molecule has 0 saturated carbocycles. The van der Waals surface area contributed by atoms with Gasteiger partial charge in [0.1, 0.15) is 5.76 Å². The maximum Gasteiger partial charge on any atom is 0.223 e. The highest BCUT2D eigenvalue weighted by Gasteiger charge is 2.20. The highest BCUT2D eigenvalue weighted by molar-refractivity contribution is 7.95. The van der Waals surface area contributed by atoms with Crippen molar-refractivity contribution < 1.29 is 13.5 Å². The lowest BCUT2D eigenvalue weighted by Gasteiger charge is -2.07. The summed E-state index contributed by atoms with van der Waals surface area (Å²) >= 11 is 0. The molecule has 0 spiro atoms. The molecule has 0 aromatic heterocycles. The van der Waals surface area contributed by atoms with Crippen LogP contribution in [0.2, 0.25) is 0 Å². The Balaban J connectivity index is 2.41. The van der Waals surface area contributed by atoms with E-state index in [1.54, 1.807) is 12.1 Å². The molecular weight excluding hydrogens is 252 g/mol. The minimum absolute atomic E-state index is 0.0772. The Labute approximate surface area is 105 Å². The molecule has 2 rings (SSSR count). The second kappa shape index (κ2) is 4.66. The van der Waals surface area contributed by atoms with Gasteiger partial charge in [0.25, 0.3) is 0 Å². The Hall–Kier alpha value is -2.08. The number of hydrogen-bond acceptors (Lipinski definition) is 5. The molecule has 18 heavy (non-hydrogen) atoms. The normalized spacial score (nSPS) is 15.4. The van der Waals surface area contributed by atoms with E-state index in [1.807, 2.05) is 6.92 Å². The first kappa shape index (κ1) is 12.4. The first-order valence-corrected chi connectivity index (χ1v) is 6.69. The fraction of sp³-hybridized carbons (Fsp3) is 0.0833. The predicted molar refractivity (Wildman–Crippen MR) is 68.8 cm³/mol. The van der Waals surface area contributed by atoms with Crippen LogP contribution in [0.5, 0.6) is 0 Å². The zero-order valence-electron chi connectivity index (χ0n) is 9.66. The van der Waals surface area contributed by atoms with Crippen molar-refractivity contribution in [3.63, 3.8) is 0 Å². The average molecular weight is 264 g/mol. The van der Waals surface area contributed by atoms with Gasteiger partial charge < -0.3 is 10.4 Å². The van der Waals surface area contributed by atoms with E-state index in [0.29, 0.717) is 0 Å². The van der Waals surface area contributed by atoms with E-state index in [0.717, 1.165) is 18.0 Å². The maximum atomic E-state index is 12.2. The predicted octanol–water partition coefficient (Wildman–Crippen LogP) is 1.64. The minimum atomic E-state index is -3.64. The number of aliphatic hydroxyl groups excluding tert-OH is 1. The molecule has 0 radical (unpaired) electrons. The van der Waals surface area contributed by atoms with E-state index >= 15 is 0 Å². The van der Waals surface area contributed by atoms with Crippen molar-refractivity contribution in [2.24, 2.45) is 4.99 Å². The van der Waals surface area contributed by atoms with Crippen molar-refractivity contribution >= 4 is 16.1 Å². The first-order valence-electron chi connectivity index (χ1n) is 5.21. The number of benzene rings is 1. The Morgan fingerprint density at radius 2 is 1.89 bits per heavy atom. The lowest BCUT2D eigenvalue weighted by Crippen LogP contribution is -2.16. The Kier molecular flexibility index (Phi) is 3.20. The summed E-state index contributed by atoms with van der Waals surface area (Å²) in [6.07, 6.45) is 3.49. The summed E-state index contributed by atoms with van der Waals surface area (Å²) in [5.74, 6) is -0.139. The van der Waals surface area contributed by atoms with Gasteiger partial charge in [0.15, 0.2) is 5.03 Å². The molecular formula is C12H12N2O3S. The van der Waals surface area contributed by atoms with Gasteiger partial charge in [0.2, 0.25) is 9.84 Å². The van der Waals surface area contributed by atoms with Gasteiger partial charge in [-0.2, -0.15) is 0 Å². The van der Waals surface area contributed by atoms with Crippen LogP contribution in [-0.2, 0) is 9.84 Å². The molecule has 6 heteroatoms. The molecule has 1 heterocycles. The number of aliphatic imine (C=N–C) groups is 1. The Morgan fingerprint density at radius 3 is 2.56 bits per heavy atom. The fourth-order valence-corrected chi connectivity index (χ4v) is 2.55. The highest BCUT2D eigenvalue weighted by atomic mass is 32.2. The quantitative estimate of drug-likeness (QED) is 0.851. The van der Waals surface area contributed by atoms with Crippen molar-refractivity contribution in [2.45, 2.75) is 11.8 Å². The van der Waals surface area contributed by atoms with Crippen LogP contribution in [0.15, 0.2) is 57.3 Å². The zero-order chi connectivity index (χ0) is 13.2. The monoisotopic (exact) mass is 264 g/mol. The number of nitrogens with one attached hydrogen (secondary N) is 1. The molecule has 0 saturated heterocycles. The van der Waals surface area contributed by atoms with Crippen LogP contribution in [0, 0.1) is 6.92 Å². The Bertz CT molecular complexity index is 638. The third-order valence-electron chi connectivity index (χ3n) is 2.38. The number of nitrogens with zero attached hydrogens (tertiary/aromatic N) is 1. The van der Waals surface area contributed by atoms with Crippen LogP contribution >= 0.6 is 0 Å². The van der Waals surface area contributed by atoms with Crippen LogP contribution in [0.25, 0.3) is 0 Å². The van der Waals surface area contributed by atoms with E-state index in [1.165, 1.54) is 18.3 Å². The van der Waals surface area contributed by atoms with Crippen LogP contribution in [0.3, 0.4) is 0 Å². The number of allylic oxidation sites excluding steroid dienone is 1. The molecule has 0 bridgehead atoms. The van der Waals surface area contributed by atoms with Crippen molar-refractivity contribution in [3.05, 3.63) is 53.0 Å². The van der Waals surface area contributed by atoms with E-state index in [-0.39, 0.29) is 15.7 Å². The van der Waals surface area contributed by atoms with Crippen molar-refractivity contribution in [1.82, 2.24) is 5.32 Å². The third-order valence-corrected chi connectivity index (χ3v) is 4.08. The van der Waals surface area contributed by atoms with Gasteiger partial charge in [-0.3, -0.25) is 4.99 Å². The van der Waals surface area contributed by atoms with Crippen molar-refractivity contribution in [2.75, 3.05) is 0 Å². The third kappa shape index (κ3) is 2.43. The number of aliphatic hydroxyl groups is 1. The molecule has 1 aromatic carbocycles. The summed E-state index contributed by atoms with van der Waals surface area (Å²) < 4.78 is 24.5.